The Morgan fingerprint density at radius 3 is 1.82 bits per heavy atom. The van der Waals surface area contributed by atoms with E-state index in [-0.39, 0.29) is 6.54 Å². The first-order valence-electron chi connectivity index (χ1n) is 6.94. The summed E-state index contributed by atoms with van der Waals surface area (Å²) in [6.07, 6.45) is 4.96. The van der Waals surface area contributed by atoms with Gasteiger partial charge in [-0.3, -0.25) is 4.18 Å². The van der Waals surface area contributed by atoms with Crippen molar-refractivity contribution in [3.63, 3.8) is 0 Å². The van der Waals surface area contributed by atoms with Crippen LogP contribution in [-0.2, 0) is 19.9 Å². The highest BCUT2D eigenvalue weighted by Crippen LogP contribution is 2.41. The summed E-state index contributed by atoms with van der Waals surface area (Å²) in [6.45, 7) is 0.0236. The molecule has 0 bridgehead atoms. The molecule has 2 aromatic carbocycles. The molecule has 0 saturated heterocycles. The molecule has 22 heavy (non-hydrogen) atoms. The zero-order valence-electron chi connectivity index (χ0n) is 12.2. The normalized spacial score (nSPS) is 15.7. The fourth-order valence-corrected chi connectivity index (χ4v) is 3.71. The summed E-state index contributed by atoms with van der Waals surface area (Å²) in [5.41, 5.74) is 8.11. The van der Waals surface area contributed by atoms with E-state index in [1.54, 1.807) is 0 Å². The van der Waals surface area contributed by atoms with Crippen LogP contribution >= 0.6 is 0 Å². The van der Waals surface area contributed by atoms with Gasteiger partial charge in [0.2, 0.25) is 0 Å². The molecule has 2 N–H and O–H groups in total. The molecule has 0 aromatic heterocycles. The minimum absolute atomic E-state index is 0.0236. The third kappa shape index (κ3) is 2.47. The largest absolute Gasteiger partial charge is 0.327 e. The second-order valence-corrected chi connectivity index (χ2v) is 6.90. The molecular formula is C17H17NO3S. The van der Waals surface area contributed by atoms with Crippen molar-refractivity contribution >= 4 is 22.3 Å². The van der Waals surface area contributed by atoms with E-state index in [4.69, 9.17) is 9.92 Å². The molecule has 0 aliphatic heterocycles. The van der Waals surface area contributed by atoms with Gasteiger partial charge in [0.25, 0.3) is 10.1 Å². The average Bonchev–Trinajstić information content (AvgIpc) is 2.63. The van der Waals surface area contributed by atoms with Crippen LogP contribution in [0.25, 0.3) is 12.2 Å². The predicted molar refractivity (Wildman–Crippen MR) is 87.6 cm³/mol. The molecule has 114 valence electrons. The van der Waals surface area contributed by atoms with Crippen molar-refractivity contribution in [2.75, 3.05) is 12.8 Å². The van der Waals surface area contributed by atoms with Crippen molar-refractivity contribution < 1.29 is 12.6 Å². The Bertz CT molecular complexity index is 791. The van der Waals surface area contributed by atoms with E-state index < -0.39 is 15.7 Å². The lowest BCUT2D eigenvalue weighted by molar-refractivity contribution is 0.130. The second kappa shape index (κ2) is 5.35. The van der Waals surface area contributed by atoms with Gasteiger partial charge in [-0.25, -0.2) is 0 Å². The van der Waals surface area contributed by atoms with Crippen molar-refractivity contribution in [3.8, 4) is 0 Å². The SMILES string of the molecule is CS(=O)(=O)OC1(CN)c2ccccc2C=Cc2ccccc21. The Kier molecular flexibility index (Phi) is 3.64. The maximum absolute atomic E-state index is 11.9. The van der Waals surface area contributed by atoms with Crippen molar-refractivity contribution in [1.29, 1.82) is 0 Å². The van der Waals surface area contributed by atoms with E-state index in [9.17, 15) is 8.42 Å². The summed E-state index contributed by atoms with van der Waals surface area (Å²) >= 11 is 0. The number of fused-ring (bicyclic) bond motifs is 2. The molecule has 0 amide bonds. The van der Waals surface area contributed by atoms with Gasteiger partial charge in [0.05, 0.1) is 6.26 Å². The van der Waals surface area contributed by atoms with Gasteiger partial charge in [0, 0.05) is 6.54 Å². The molecule has 1 aliphatic rings. The Morgan fingerprint density at radius 2 is 1.41 bits per heavy atom. The molecule has 0 atom stereocenters. The molecule has 0 spiro atoms. The topological polar surface area (TPSA) is 69.4 Å². The molecule has 0 saturated carbocycles. The summed E-state index contributed by atoms with van der Waals surface area (Å²) in [5, 5.41) is 0. The number of nitrogens with two attached hydrogens (primary N) is 1. The Hall–Kier alpha value is -1.95. The number of benzene rings is 2. The van der Waals surface area contributed by atoms with Crippen LogP contribution in [0.2, 0.25) is 0 Å². The molecule has 4 nitrogen and oxygen atoms in total. The molecule has 0 unspecified atom stereocenters. The van der Waals surface area contributed by atoms with Gasteiger partial charge in [-0.15, -0.1) is 0 Å². The molecule has 2 aromatic rings. The van der Waals surface area contributed by atoms with Gasteiger partial charge in [0.1, 0.15) is 0 Å². The number of hydrogen-bond acceptors (Lipinski definition) is 4. The zero-order valence-corrected chi connectivity index (χ0v) is 13.0. The van der Waals surface area contributed by atoms with Gasteiger partial charge in [-0.1, -0.05) is 60.7 Å². The zero-order chi connectivity index (χ0) is 15.8. The fourth-order valence-electron chi connectivity index (χ4n) is 2.95. The number of hydrogen-bond donors (Lipinski definition) is 1. The second-order valence-electron chi connectivity index (χ2n) is 5.33. The monoisotopic (exact) mass is 315 g/mol. The average molecular weight is 315 g/mol. The third-order valence-electron chi connectivity index (χ3n) is 3.82. The van der Waals surface area contributed by atoms with E-state index in [1.165, 1.54) is 0 Å². The van der Waals surface area contributed by atoms with Gasteiger partial charge in [-0.2, -0.15) is 8.42 Å². The highest BCUT2D eigenvalue weighted by Gasteiger charge is 2.41. The maximum atomic E-state index is 11.9. The molecular weight excluding hydrogens is 298 g/mol. The Labute approximate surface area is 130 Å². The molecule has 1 aliphatic carbocycles. The van der Waals surface area contributed by atoms with Crippen LogP contribution in [0.5, 0.6) is 0 Å². The van der Waals surface area contributed by atoms with E-state index in [0.29, 0.717) is 0 Å². The summed E-state index contributed by atoms with van der Waals surface area (Å²) in [6, 6.07) is 15.1. The molecule has 3 rings (SSSR count). The fraction of sp³-hybridized carbons (Fsp3) is 0.176. The standard InChI is InChI=1S/C17H17NO3S/c1-22(19,20)21-17(12-18)15-8-4-2-6-13(15)10-11-14-7-3-5-9-16(14)17/h2-11H,12,18H2,1H3. The van der Waals surface area contributed by atoms with E-state index in [1.807, 2.05) is 60.7 Å². The first kappa shape index (κ1) is 15.0. The maximum Gasteiger partial charge on any atom is 0.265 e. The van der Waals surface area contributed by atoms with Gasteiger partial charge >= 0.3 is 0 Å². The van der Waals surface area contributed by atoms with Gasteiger partial charge in [-0.05, 0) is 22.3 Å². The summed E-state index contributed by atoms with van der Waals surface area (Å²) in [7, 11) is -3.70. The summed E-state index contributed by atoms with van der Waals surface area (Å²) in [4.78, 5) is 0. The van der Waals surface area contributed by atoms with E-state index >= 15 is 0 Å². The van der Waals surface area contributed by atoms with Crippen LogP contribution in [0.3, 0.4) is 0 Å². The lowest BCUT2D eigenvalue weighted by Crippen LogP contribution is -2.41. The third-order valence-corrected chi connectivity index (χ3v) is 4.40. The van der Waals surface area contributed by atoms with Crippen molar-refractivity contribution in [2.24, 2.45) is 5.73 Å². The Morgan fingerprint density at radius 1 is 0.955 bits per heavy atom. The van der Waals surface area contributed by atoms with E-state index in [2.05, 4.69) is 0 Å². The Balaban J connectivity index is 2.38. The summed E-state index contributed by atoms with van der Waals surface area (Å²) < 4.78 is 29.4. The molecule has 5 heteroatoms. The van der Waals surface area contributed by atoms with Gasteiger partial charge < -0.3 is 5.73 Å². The van der Waals surface area contributed by atoms with Crippen molar-refractivity contribution in [2.45, 2.75) is 5.60 Å². The van der Waals surface area contributed by atoms with Crippen molar-refractivity contribution in [3.05, 3.63) is 70.8 Å². The van der Waals surface area contributed by atoms with Crippen LogP contribution in [0.1, 0.15) is 22.3 Å². The van der Waals surface area contributed by atoms with Crippen LogP contribution in [0.15, 0.2) is 48.5 Å². The van der Waals surface area contributed by atoms with Crippen LogP contribution in [0, 0.1) is 0 Å². The van der Waals surface area contributed by atoms with Crippen LogP contribution < -0.4 is 5.73 Å². The predicted octanol–water partition coefficient (Wildman–Crippen LogP) is 2.35. The number of rotatable bonds is 3. The van der Waals surface area contributed by atoms with Crippen molar-refractivity contribution in [1.82, 2.24) is 0 Å². The molecule has 0 radical (unpaired) electrons. The minimum Gasteiger partial charge on any atom is -0.327 e. The highest BCUT2D eigenvalue weighted by atomic mass is 32.2. The lowest BCUT2D eigenvalue weighted by atomic mass is 9.83. The van der Waals surface area contributed by atoms with Gasteiger partial charge in [0.15, 0.2) is 5.60 Å². The first-order chi connectivity index (χ1) is 10.5. The quantitative estimate of drug-likeness (QED) is 0.883. The lowest BCUT2D eigenvalue weighted by Gasteiger charge is -2.33. The molecule has 0 fully saturated rings. The van der Waals surface area contributed by atoms with E-state index in [0.717, 1.165) is 28.5 Å². The smallest absolute Gasteiger partial charge is 0.265 e. The van der Waals surface area contributed by atoms with Crippen LogP contribution in [-0.4, -0.2) is 21.2 Å². The summed E-state index contributed by atoms with van der Waals surface area (Å²) in [5.74, 6) is 0. The molecule has 0 heterocycles. The first-order valence-corrected chi connectivity index (χ1v) is 8.76. The minimum atomic E-state index is -3.70. The van der Waals surface area contributed by atoms with Crippen LogP contribution in [0.4, 0.5) is 0 Å². The highest BCUT2D eigenvalue weighted by molar-refractivity contribution is 7.86.